The Morgan fingerprint density at radius 3 is 2.59 bits per heavy atom. The molecule has 0 atom stereocenters. The first kappa shape index (κ1) is 24.1. The molecule has 1 fully saturated rings. The fraction of sp³-hybridized carbons (Fsp3) is 0.261. The third-order valence-electron chi connectivity index (χ3n) is 4.51. The molecule has 32 heavy (non-hydrogen) atoms. The molecule has 3 rings (SSSR count). The van der Waals surface area contributed by atoms with Gasteiger partial charge in [0.15, 0.2) is 11.5 Å². The summed E-state index contributed by atoms with van der Waals surface area (Å²) in [7, 11) is 1.31. The van der Waals surface area contributed by atoms with Crippen LogP contribution in [0.2, 0.25) is 5.02 Å². The van der Waals surface area contributed by atoms with Crippen LogP contribution in [-0.2, 0) is 20.9 Å². The Morgan fingerprint density at radius 2 is 1.91 bits per heavy atom. The first-order valence-corrected chi connectivity index (χ1v) is 11.5. The van der Waals surface area contributed by atoms with Crippen molar-refractivity contribution in [3.8, 4) is 11.5 Å². The van der Waals surface area contributed by atoms with Crippen LogP contribution in [0.1, 0.15) is 24.5 Å². The average Bonchev–Trinajstić information content (AvgIpc) is 3.05. The van der Waals surface area contributed by atoms with Crippen molar-refractivity contribution in [2.75, 3.05) is 20.3 Å². The molecule has 9 heteroatoms. The second-order valence-corrected chi connectivity index (χ2v) is 8.83. The third-order valence-corrected chi connectivity index (χ3v) is 6.14. The van der Waals surface area contributed by atoms with Crippen LogP contribution in [0.5, 0.6) is 11.5 Å². The molecule has 2 aromatic rings. The Morgan fingerprint density at radius 1 is 1.16 bits per heavy atom. The Kier molecular flexibility index (Phi) is 8.55. The molecule has 0 radical (unpaired) electrons. The number of hydrogen-bond donors (Lipinski definition) is 0. The molecular formula is C23H22ClNO5S2. The zero-order valence-electron chi connectivity index (χ0n) is 17.6. The predicted molar refractivity (Wildman–Crippen MR) is 130 cm³/mol. The highest BCUT2D eigenvalue weighted by Crippen LogP contribution is 2.35. The topological polar surface area (TPSA) is 65.1 Å². The zero-order valence-corrected chi connectivity index (χ0v) is 20.0. The summed E-state index contributed by atoms with van der Waals surface area (Å²) in [5.74, 6) is 0.560. The molecule has 0 aromatic heterocycles. The van der Waals surface area contributed by atoms with Crippen LogP contribution in [0.3, 0.4) is 0 Å². The van der Waals surface area contributed by atoms with E-state index in [1.165, 1.54) is 23.8 Å². The molecule has 0 saturated carbocycles. The van der Waals surface area contributed by atoms with Crippen LogP contribution in [0.15, 0.2) is 47.4 Å². The highest BCUT2D eigenvalue weighted by Gasteiger charge is 2.32. The van der Waals surface area contributed by atoms with Crippen LogP contribution in [0, 0.1) is 0 Å². The fourth-order valence-electron chi connectivity index (χ4n) is 2.89. The van der Waals surface area contributed by atoms with E-state index in [0.29, 0.717) is 39.0 Å². The van der Waals surface area contributed by atoms with Gasteiger partial charge in [0.25, 0.3) is 5.91 Å². The Labute approximate surface area is 201 Å². The van der Waals surface area contributed by atoms with E-state index in [0.717, 1.165) is 11.1 Å². The normalized spacial score (nSPS) is 14.7. The van der Waals surface area contributed by atoms with E-state index in [-0.39, 0.29) is 18.9 Å². The number of hydrogen-bond acceptors (Lipinski definition) is 7. The minimum absolute atomic E-state index is 0.0877. The monoisotopic (exact) mass is 491 g/mol. The lowest BCUT2D eigenvalue weighted by atomic mass is 10.1. The SMILES string of the molecule is CCOc1cc(/C=C2\SC(=S)N(CCC(=O)OC)C2=O)ccc1OCc1ccc(Cl)cc1. The summed E-state index contributed by atoms with van der Waals surface area (Å²) >= 11 is 12.4. The maximum absolute atomic E-state index is 12.7. The molecule has 1 aliphatic rings. The molecule has 168 valence electrons. The molecule has 0 bridgehead atoms. The minimum Gasteiger partial charge on any atom is -0.490 e. The molecule has 2 aromatic carbocycles. The quantitative estimate of drug-likeness (QED) is 0.275. The van der Waals surface area contributed by atoms with E-state index in [1.807, 2.05) is 49.4 Å². The van der Waals surface area contributed by atoms with Gasteiger partial charge in [-0.25, -0.2) is 0 Å². The van der Waals surface area contributed by atoms with Gasteiger partial charge in [0.1, 0.15) is 10.9 Å². The first-order valence-electron chi connectivity index (χ1n) is 9.87. The van der Waals surface area contributed by atoms with Crippen LogP contribution in [-0.4, -0.2) is 41.4 Å². The molecule has 0 aliphatic carbocycles. The Balaban J connectivity index is 1.73. The number of ether oxygens (including phenoxy) is 3. The van der Waals surface area contributed by atoms with Gasteiger partial charge in [0, 0.05) is 11.6 Å². The van der Waals surface area contributed by atoms with Gasteiger partial charge in [0.2, 0.25) is 0 Å². The van der Waals surface area contributed by atoms with Crippen molar-refractivity contribution in [1.29, 1.82) is 0 Å². The van der Waals surface area contributed by atoms with E-state index in [9.17, 15) is 9.59 Å². The van der Waals surface area contributed by atoms with Gasteiger partial charge < -0.3 is 14.2 Å². The van der Waals surface area contributed by atoms with Crippen molar-refractivity contribution in [3.63, 3.8) is 0 Å². The van der Waals surface area contributed by atoms with E-state index in [1.54, 1.807) is 6.08 Å². The second kappa shape index (κ2) is 11.4. The number of esters is 1. The molecule has 0 unspecified atom stereocenters. The van der Waals surface area contributed by atoms with Crippen molar-refractivity contribution < 1.29 is 23.8 Å². The lowest BCUT2D eigenvalue weighted by molar-refractivity contribution is -0.140. The third kappa shape index (κ3) is 6.25. The molecule has 1 saturated heterocycles. The maximum atomic E-state index is 12.7. The lowest BCUT2D eigenvalue weighted by Gasteiger charge is -2.13. The number of carbonyl (C=O) groups excluding carboxylic acids is 2. The summed E-state index contributed by atoms with van der Waals surface area (Å²) in [5.41, 5.74) is 1.76. The van der Waals surface area contributed by atoms with Gasteiger partial charge in [0.05, 0.1) is 25.0 Å². The highest BCUT2D eigenvalue weighted by atomic mass is 35.5. The summed E-state index contributed by atoms with van der Waals surface area (Å²) in [6, 6.07) is 12.9. The average molecular weight is 492 g/mol. The van der Waals surface area contributed by atoms with Crippen molar-refractivity contribution in [1.82, 2.24) is 4.90 Å². The maximum Gasteiger partial charge on any atom is 0.307 e. The number of benzene rings is 2. The molecule has 1 aliphatic heterocycles. The number of carbonyl (C=O) groups is 2. The summed E-state index contributed by atoms with van der Waals surface area (Å²) in [4.78, 5) is 26.0. The number of rotatable bonds is 9. The predicted octanol–water partition coefficient (Wildman–Crippen LogP) is 5.08. The lowest BCUT2D eigenvalue weighted by Crippen LogP contribution is -2.30. The van der Waals surface area contributed by atoms with Gasteiger partial charge in [-0.2, -0.15) is 0 Å². The molecule has 6 nitrogen and oxygen atoms in total. The van der Waals surface area contributed by atoms with Crippen LogP contribution < -0.4 is 9.47 Å². The molecule has 1 heterocycles. The smallest absolute Gasteiger partial charge is 0.307 e. The van der Waals surface area contributed by atoms with Crippen LogP contribution in [0.25, 0.3) is 6.08 Å². The number of nitrogens with zero attached hydrogens (tertiary/aromatic N) is 1. The second-order valence-electron chi connectivity index (χ2n) is 6.71. The first-order chi connectivity index (χ1) is 15.4. The summed E-state index contributed by atoms with van der Waals surface area (Å²) in [5, 5.41) is 0.670. The highest BCUT2D eigenvalue weighted by molar-refractivity contribution is 8.26. The van der Waals surface area contributed by atoms with Crippen LogP contribution >= 0.6 is 35.6 Å². The molecule has 0 N–H and O–H groups in total. The van der Waals surface area contributed by atoms with Gasteiger partial charge >= 0.3 is 5.97 Å². The largest absolute Gasteiger partial charge is 0.490 e. The van der Waals surface area contributed by atoms with E-state index in [4.69, 9.17) is 33.3 Å². The number of thioether (sulfide) groups is 1. The standard InChI is InChI=1S/C23H22ClNO5S2/c1-3-29-19-12-16(6-9-18(19)30-14-15-4-7-17(24)8-5-15)13-20-22(27)25(23(31)32-20)11-10-21(26)28-2/h4-9,12-13H,3,10-11,14H2,1-2H3/b20-13-. The van der Waals surface area contributed by atoms with Gasteiger partial charge in [-0.1, -0.05) is 53.8 Å². The van der Waals surface area contributed by atoms with Gasteiger partial charge in [-0.3, -0.25) is 14.5 Å². The number of amides is 1. The van der Waals surface area contributed by atoms with Gasteiger partial charge in [-0.05, 0) is 48.4 Å². The van der Waals surface area contributed by atoms with E-state index >= 15 is 0 Å². The number of halogens is 1. The summed E-state index contributed by atoms with van der Waals surface area (Å²) < 4.78 is 16.7. The van der Waals surface area contributed by atoms with Crippen molar-refractivity contribution in [3.05, 3.63) is 63.5 Å². The van der Waals surface area contributed by atoms with E-state index < -0.39 is 5.97 Å². The minimum atomic E-state index is -0.390. The Bertz CT molecular complexity index is 1040. The summed E-state index contributed by atoms with van der Waals surface area (Å²) in [6.45, 7) is 2.92. The summed E-state index contributed by atoms with van der Waals surface area (Å²) in [6.07, 6.45) is 1.84. The van der Waals surface area contributed by atoms with Crippen molar-refractivity contribution >= 4 is 57.9 Å². The molecule has 0 spiro atoms. The van der Waals surface area contributed by atoms with Crippen LogP contribution in [0.4, 0.5) is 0 Å². The van der Waals surface area contributed by atoms with Gasteiger partial charge in [-0.15, -0.1) is 0 Å². The zero-order chi connectivity index (χ0) is 23.1. The molecular weight excluding hydrogens is 470 g/mol. The fourth-order valence-corrected chi connectivity index (χ4v) is 4.33. The van der Waals surface area contributed by atoms with Crippen molar-refractivity contribution in [2.45, 2.75) is 20.0 Å². The number of thiocarbonyl (C=S) groups is 1. The van der Waals surface area contributed by atoms with E-state index in [2.05, 4.69) is 4.74 Å². The van der Waals surface area contributed by atoms with Crippen molar-refractivity contribution in [2.24, 2.45) is 0 Å². The molecule has 1 amide bonds. The Hall–Kier alpha value is -2.55. The number of methoxy groups -OCH3 is 1.